The first-order valence-electron chi connectivity index (χ1n) is 8.31. The second kappa shape index (κ2) is 8.84. The molecule has 3 heterocycles. The van der Waals surface area contributed by atoms with Crippen LogP contribution in [0.3, 0.4) is 0 Å². The van der Waals surface area contributed by atoms with Crippen LogP contribution < -0.4 is 44.9 Å². The summed E-state index contributed by atoms with van der Waals surface area (Å²) in [7, 11) is 1.98. The molecule has 0 bridgehead atoms. The highest BCUT2D eigenvalue weighted by atomic mass is 127. The summed E-state index contributed by atoms with van der Waals surface area (Å²) >= 11 is 2.58. The second-order valence-electron chi connectivity index (χ2n) is 6.04. The molecule has 7 nitrogen and oxygen atoms in total. The molecule has 0 fully saturated rings. The number of thiophene rings is 1. The molecule has 10 heteroatoms. The van der Waals surface area contributed by atoms with E-state index in [1.54, 1.807) is 11.4 Å². The molecule has 4 N–H and O–H groups in total. The first-order valence-corrected chi connectivity index (χ1v) is 10.1. The first-order chi connectivity index (χ1) is 13.5. The number of fused-ring (bicyclic) bond motifs is 1. The van der Waals surface area contributed by atoms with Crippen molar-refractivity contribution in [2.45, 2.75) is 0 Å². The molecule has 0 spiro atoms. The number of thiazole rings is 1. The summed E-state index contributed by atoms with van der Waals surface area (Å²) in [5.41, 5.74) is 7.89. The van der Waals surface area contributed by atoms with Gasteiger partial charge in [-0.3, -0.25) is 9.59 Å². The molecule has 3 aromatic heterocycles. The van der Waals surface area contributed by atoms with E-state index in [1.807, 2.05) is 53.5 Å². The van der Waals surface area contributed by atoms with Gasteiger partial charge in [0.15, 0.2) is 17.0 Å². The number of nitrogens with one attached hydrogen (secondary N) is 2. The van der Waals surface area contributed by atoms with Gasteiger partial charge in [-0.25, -0.2) is 9.55 Å². The van der Waals surface area contributed by atoms with Crippen LogP contribution in [0, 0.1) is 0 Å². The number of aryl methyl sites for hydroxylation is 1. The Labute approximate surface area is 191 Å². The minimum absolute atomic E-state index is 0. The van der Waals surface area contributed by atoms with Crippen molar-refractivity contribution < 1.29 is 38.1 Å². The third-order valence-electron chi connectivity index (χ3n) is 4.12. The quantitative estimate of drug-likeness (QED) is 0.252. The van der Waals surface area contributed by atoms with Gasteiger partial charge in [0.2, 0.25) is 5.52 Å². The minimum atomic E-state index is -0.699. The van der Waals surface area contributed by atoms with Crippen molar-refractivity contribution in [3.05, 3.63) is 64.6 Å². The largest absolute Gasteiger partial charge is 1.00 e. The van der Waals surface area contributed by atoms with Crippen molar-refractivity contribution in [3.8, 4) is 0 Å². The standard InChI is InChI=1S/C19H15N5O2S2.HI/c1-24-7-2-3-11-9-13(4-5-14(11)24)21-19-22-15(16(20)25)18(28-19)23-17(26)12-6-8-27-10-12;/h2-10H,1H3,(H3-,20,21,22,23,25,26);1H. The third kappa shape index (κ3) is 4.54. The van der Waals surface area contributed by atoms with Crippen molar-refractivity contribution in [1.82, 2.24) is 4.98 Å². The molecule has 0 saturated heterocycles. The van der Waals surface area contributed by atoms with Crippen LogP contribution >= 0.6 is 22.7 Å². The lowest BCUT2D eigenvalue weighted by atomic mass is 10.2. The van der Waals surface area contributed by atoms with Crippen LogP contribution in [0.2, 0.25) is 0 Å². The fourth-order valence-corrected chi connectivity index (χ4v) is 4.28. The summed E-state index contributed by atoms with van der Waals surface area (Å²) in [5.74, 6) is -1.01. The van der Waals surface area contributed by atoms with E-state index in [4.69, 9.17) is 5.73 Å². The average molecular weight is 537 g/mol. The number of primary amides is 1. The molecule has 29 heavy (non-hydrogen) atoms. The fraction of sp³-hybridized carbons (Fsp3) is 0.0526. The number of pyridine rings is 1. The van der Waals surface area contributed by atoms with E-state index in [2.05, 4.69) is 15.6 Å². The van der Waals surface area contributed by atoms with Crippen LogP contribution in [-0.4, -0.2) is 16.8 Å². The number of aromatic nitrogens is 2. The zero-order valence-electron chi connectivity index (χ0n) is 15.2. The molecule has 148 valence electrons. The number of carbonyl (C=O) groups is 2. The number of nitrogens with two attached hydrogens (primary N) is 1. The van der Waals surface area contributed by atoms with E-state index in [9.17, 15) is 9.59 Å². The lowest BCUT2D eigenvalue weighted by molar-refractivity contribution is -0.644. The summed E-state index contributed by atoms with van der Waals surface area (Å²) in [6, 6.07) is 11.6. The maximum Gasteiger partial charge on any atom is 0.270 e. The van der Waals surface area contributed by atoms with E-state index in [0.717, 1.165) is 27.9 Å². The fourth-order valence-electron chi connectivity index (χ4n) is 2.76. The Morgan fingerprint density at radius 2 is 2.03 bits per heavy atom. The smallest absolute Gasteiger partial charge is 0.270 e. The molecule has 0 saturated carbocycles. The zero-order chi connectivity index (χ0) is 19.7. The Bertz CT molecular complexity index is 1190. The highest BCUT2D eigenvalue weighted by Gasteiger charge is 2.19. The number of nitrogens with zero attached hydrogens (tertiary/aromatic N) is 2. The van der Waals surface area contributed by atoms with Gasteiger partial charge in [-0.1, -0.05) is 11.3 Å². The molecular formula is C19H16IN5O2S2. The number of rotatable bonds is 5. The Kier molecular flexibility index (Phi) is 6.45. The number of anilines is 3. The maximum atomic E-state index is 12.3. The monoisotopic (exact) mass is 537 g/mol. The number of amides is 2. The van der Waals surface area contributed by atoms with E-state index in [1.165, 1.54) is 11.3 Å². The first kappa shape index (κ1) is 21.1. The van der Waals surface area contributed by atoms with Gasteiger partial charge in [0, 0.05) is 28.6 Å². The number of hydrogen-bond donors (Lipinski definition) is 3. The maximum absolute atomic E-state index is 12.3. The molecule has 4 rings (SSSR count). The predicted molar refractivity (Wildman–Crippen MR) is 111 cm³/mol. The van der Waals surface area contributed by atoms with Gasteiger partial charge >= 0.3 is 0 Å². The van der Waals surface area contributed by atoms with Crippen molar-refractivity contribution in [2.75, 3.05) is 10.6 Å². The normalized spacial score (nSPS) is 10.4. The molecule has 0 aliphatic rings. The van der Waals surface area contributed by atoms with E-state index >= 15 is 0 Å². The van der Waals surface area contributed by atoms with Gasteiger partial charge in [-0.15, -0.1) is 0 Å². The zero-order valence-corrected chi connectivity index (χ0v) is 19.0. The Morgan fingerprint density at radius 3 is 2.76 bits per heavy atom. The molecule has 1 aromatic carbocycles. The van der Waals surface area contributed by atoms with Gasteiger partial charge in [0.05, 0.1) is 5.56 Å². The van der Waals surface area contributed by atoms with Crippen molar-refractivity contribution in [1.29, 1.82) is 0 Å². The molecule has 4 aromatic rings. The summed E-state index contributed by atoms with van der Waals surface area (Å²) in [5, 5.41) is 11.3. The van der Waals surface area contributed by atoms with E-state index in [0.29, 0.717) is 15.7 Å². The minimum Gasteiger partial charge on any atom is -1.00 e. The number of benzene rings is 1. The molecule has 0 radical (unpaired) electrons. The Balaban J connectivity index is 0.00000240. The Morgan fingerprint density at radius 1 is 1.21 bits per heavy atom. The number of halogens is 1. The summed E-state index contributed by atoms with van der Waals surface area (Å²) < 4.78 is 2.03. The Hall–Kier alpha value is -2.57. The molecule has 0 aliphatic heterocycles. The number of hydrogen-bond acceptors (Lipinski definition) is 6. The lowest BCUT2D eigenvalue weighted by Crippen LogP contribution is -3.00. The van der Waals surface area contributed by atoms with E-state index < -0.39 is 5.91 Å². The number of carbonyl (C=O) groups excluding carboxylic acids is 2. The lowest BCUT2D eigenvalue weighted by Gasteiger charge is -2.03. The van der Waals surface area contributed by atoms with Crippen LogP contribution in [0.15, 0.2) is 53.4 Å². The highest BCUT2D eigenvalue weighted by Crippen LogP contribution is 2.31. The molecule has 0 aliphatic carbocycles. The molecule has 2 amide bonds. The van der Waals surface area contributed by atoms with Gasteiger partial charge in [-0.05, 0) is 29.6 Å². The van der Waals surface area contributed by atoms with Crippen LogP contribution in [-0.2, 0) is 7.05 Å². The van der Waals surface area contributed by atoms with Crippen molar-refractivity contribution >= 4 is 61.2 Å². The van der Waals surface area contributed by atoms with Crippen molar-refractivity contribution in [2.24, 2.45) is 12.8 Å². The van der Waals surface area contributed by atoms with Crippen LogP contribution in [0.25, 0.3) is 10.9 Å². The van der Waals surface area contributed by atoms with E-state index in [-0.39, 0.29) is 35.6 Å². The highest BCUT2D eigenvalue weighted by molar-refractivity contribution is 7.20. The third-order valence-corrected chi connectivity index (χ3v) is 5.68. The van der Waals surface area contributed by atoms with Crippen LogP contribution in [0.5, 0.6) is 0 Å². The molecular weight excluding hydrogens is 521 g/mol. The second-order valence-corrected chi connectivity index (χ2v) is 7.82. The SMILES string of the molecule is C[n+]1cccc2cc(Nc3nc(C(N)=O)c(NC(=O)c4ccsc4)s3)ccc21.[I-]. The van der Waals surface area contributed by atoms with Crippen LogP contribution in [0.1, 0.15) is 20.8 Å². The van der Waals surface area contributed by atoms with Gasteiger partial charge in [-0.2, -0.15) is 11.3 Å². The van der Waals surface area contributed by atoms with Gasteiger partial charge in [0.25, 0.3) is 11.8 Å². The summed E-state index contributed by atoms with van der Waals surface area (Å²) in [6.45, 7) is 0. The average Bonchev–Trinajstić information content (AvgIpc) is 3.32. The summed E-state index contributed by atoms with van der Waals surface area (Å²) in [6.07, 6.45) is 1.98. The van der Waals surface area contributed by atoms with Gasteiger partial charge < -0.3 is 40.3 Å². The summed E-state index contributed by atoms with van der Waals surface area (Å²) in [4.78, 5) is 28.3. The van der Waals surface area contributed by atoms with Crippen molar-refractivity contribution in [3.63, 3.8) is 0 Å². The molecule has 0 unspecified atom stereocenters. The molecule has 0 atom stereocenters. The topological polar surface area (TPSA) is 101 Å². The predicted octanol–water partition coefficient (Wildman–Crippen LogP) is 0.281. The van der Waals surface area contributed by atoms with Crippen LogP contribution in [0.4, 0.5) is 15.8 Å². The van der Waals surface area contributed by atoms with Gasteiger partial charge in [0.1, 0.15) is 12.0 Å².